The lowest BCUT2D eigenvalue weighted by atomic mass is 10.2. The Balaban J connectivity index is 3.32. The van der Waals surface area contributed by atoms with Crippen LogP contribution in [0, 0.1) is 11.6 Å². The largest absolute Gasteiger partial charge is 0.545 e. The zero-order valence-corrected chi connectivity index (χ0v) is 5.30. The highest BCUT2D eigenvalue weighted by atomic mass is 19.1. The molecule has 0 radical (unpaired) electrons. The van der Waals surface area contributed by atoms with E-state index < -0.39 is 23.2 Å². The van der Waals surface area contributed by atoms with Crippen molar-refractivity contribution >= 4 is 5.97 Å². The minimum Gasteiger partial charge on any atom is -0.545 e. The zero-order chi connectivity index (χ0) is 8.43. The van der Waals surface area contributed by atoms with Crippen molar-refractivity contribution in [3.63, 3.8) is 0 Å². The van der Waals surface area contributed by atoms with Crippen LogP contribution in [-0.4, -0.2) is 5.97 Å². The highest BCUT2D eigenvalue weighted by molar-refractivity contribution is 5.86. The first kappa shape index (κ1) is 7.65. The van der Waals surface area contributed by atoms with Crippen LogP contribution in [0.25, 0.3) is 0 Å². The van der Waals surface area contributed by atoms with Crippen LogP contribution in [0.15, 0.2) is 18.2 Å². The maximum absolute atomic E-state index is 12.4. The number of halogens is 2. The smallest absolute Gasteiger partial charge is 0.135 e. The molecule has 4 heteroatoms. The Morgan fingerprint density at radius 2 is 1.73 bits per heavy atom. The first-order chi connectivity index (χ1) is 5.13. The number of hydrogen-bond donors (Lipinski definition) is 0. The molecule has 0 unspecified atom stereocenters. The number of rotatable bonds is 1. The van der Waals surface area contributed by atoms with Gasteiger partial charge < -0.3 is 9.90 Å². The summed E-state index contributed by atoms with van der Waals surface area (Å²) >= 11 is 0. The SMILES string of the molecule is O=C([O-])c1c(F)cccc1F. The van der Waals surface area contributed by atoms with Crippen molar-refractivity contribution in [2.24, 2.45) is 0 Å². The second-order valence-corrected chi connectivity index (χ2v) is 1.88. The minimum absolute atomic E-state index is 0.855. The highest BCUT2D eigenvalue weighted by Crippen LogP contribution is 2.09. The molecule has 0 fully saturated rings. The molecule has 0 aromatic heterocycles. The number of carbonyl (C=O) groups excluding carboxylic acids is 1. The molecule has 0 spiro atoms. The molecular formula is C7H3F2O2-. The molecule has 11 heavy (non-hydrogen) atoms. The Kier molecular flexibility index (Phi) is 1.85. The summed E-state index contributed by atoms with van der Waals surface area (Å²) in [6.45, 7) is 0. The van der Waals surface area contributed by atoms with Gasteiger partial charge in [-0.25, -0.2) is 8.78 Å². The van der Waals surface area contributed by atoms with Gasteiger partial charge in [-0.1, -0.05) is 6.07 Å². The van der Waals surface area contributed by atoms with Crippen molar-refractivity contribution in [1.82, 2.24) is 0 Å². The zero-order valence-electron chi connectivity index (χ0n) is 5.30. The van der Waals surface area contributed by atoms with Crippen molar-refractivity contribution in [1.29, 1.82) is 0 Å². The van der Waals surface area contributed by atoms with Gasteiger partial charge in [0.15, 0.2) is 0 Å². The predicted octanol–water partition coefficient (Wildman–Crippen LogP) is 0.328. The quantitative estimate of drug-likeness (QED) is 0.589. The molecule has 0 amide bonds. The molecule has 0 saturated heterocycles. The molecule has 0 aliphatic carbocycles. The Hall–Kier alpha value is -1.45. The molecule has 0 aliphatic heterocycles. The number of carboxylic acids is 1. The summed E-state index contributed by atoms with van der Waals surface area (Å²) in [4.78, 5) is 10.1. The van der Waals surface area contributed by atoms with E-state index in [1.165, 1.54) is 0 Å². The van der Waals surface area contributed by atoms with Crippen LogP contribution in [0.1, 0.15) is 10.4 Å². The van der Waals surface area contributed by atoms with E-state index in [1.54, 1.807) is 0 Å². The first-order valence-corrected chi connectivity index (χ1v) is 2.78. The van der Waals surface area contributed by atoms with Crippen LogP contribution < -0.4 is 5.11 Å². The predicted molar refractivity (Wildman–Crippen MR) is 30.7 cm³/mol. The summed E-state index contributed by atoms with van der Waals surface area (Å²) in [6, 6.07) is 2.79. The summed E-state index contributed by atoms with van der Waals surface area (Å²) in [5.41, 5.74) is -1.02. The third-order valence-corrected chi connectivity index (χ3v) is 1.17. The van der Waals surface area contributed by atoms with Gasteiger partial charge in [0.25, 0.3) is 0 Å². The summed E-state index contributed by atoms with van der Waals surface area (Å²) in [6.07, 6.45) is 0. The Bertz CT molecular complexity index is 276. The fourth-order valence-corrected chi connectivity index (χ4v) is 0.693. The summed E-state index contributed by atoms with van der Waals surface area (Å²) in [7, 11) is 0. The van der Waals surface area contributed by atoms with E-state index in [1.807, 2.05) is 0 Å². The molecule has 1 rings (SSSR count). The highest BCUT2D eigenvalue weighted by Gasteiger charge is 2.07. The van der Waals surface area contributed by atoms with Crippen molar-refractivity contribution in [3.8, 4) is 0 Å². The monoisotopic (exact) mass is 157 g/mol. The standard InChI is InChI=1S/C7H4F2O2/c8-4-2-1-3-5(9)6(4)7(10)11/h1-3H,(H,10,11)/p-1. The minimum atomic E-state index is -1.85. The summed E-state index contributed by atoms with van der Waals surface area (Å²) in [5.74, 6) is -4.09. The molecule has 0 saturated carbocycles. The number of aromatic carboxylic acids is 1. The van der Waals surface area contributed by atoms with Gasteiger partial charge in [-0.15, -0.1) is 0 Å². The molecule has 1 aromatic rings. The van der Waals surface area contributed by atoms with Gasteiger partial charge in [0, 0.05) is 0 Å². The number of hydrogen-bond acceptors (Lipinski definition) is 2. The number of carboxylic acid groups (broad SMARTS) is 1. The Morgan fingerprint density at radius 1 is 1.27 bits per heavy atom. The molecule has 58 valence electrons. The molecule has 0 aliphatic rings. The fraction of sp³-hybridized carbons (Fsp3) is 0. The van der Waals surface area contributed by atoms with E-state index in [9.17, 15) is 18.7 Å². The fourth-order valence-electron chi connectivity index (χ4n) is 0.693. The van der Waals surface area contributed by atoms with E-state index >= 15 is 0 Å². The molecule has 2 nitrogen and oxygen atoms in total. The molecule has 0 N–H and O–H groups in total. The molecule has 1 aromatic carbocycles. The van der Waals surface area contributed by atoms with Gasteiger partial charge in [0.1, 0.15) is 11.6 Å². The van der Waals surface area contributed by atoms with Crippen LogP contribution in [0.5, 0.6) is 0 Å². The average Bonchev–Trinajstić information content (AvgIpc) is 1.85. The second kappa shape index (κ2) is 2.65. The molecular weight excluding hydrogens is 154 g/mol. The topological polar surface area (TPSA) is 40.1 Å². The Morgan fingerprint density at radius 3 is 2.00 bits per heavy atom. The second-order valence-electron chi connectivity index (χ2n) is 1.88. The van der Waals surface area contributed by atoms with E-state index in [4.69, 9.17) is 0 Å². The van der Waals surface area contributed by atoms with Gasteiger partial charge in [-0.05, 0) is 12.1 Å². The van der Waals surface area contributed by atoms with Crippen LogP contribution in [0.4, 0.5) is 8.78 Å². The normalized spacial score (nSPS) is 9.64. The van der Waals surface area contributed by atoms with Gasteiger partial charge in [0.05, 0.1) is 11.5 Å². The van der Waals surface area contributed by atoms with Crippen LogP contribution in [0.2, 0.25) is 0 Å². The lowest BCUT2D eigenvalue weighted by Crippen LogP contribution is -2.24. The lowest BCUT2D eigenvalue weighted by Gasteiger charge is -2.03. The van der Waals surface area contributed by atoms with E-state index in [0.29, 0.717) is 0 Å². The van der Waals surface area contributed by atoms with Crippen molar-refractivity contribution in [3.05, 3.63) is 35.4 Å². The maximum atomic E-state index is 12.4. The maximum Gasteiger partial charge on any atom is 0.135 e. The Labute approximate surface area is 61.1 Å². The molecule has 0 atom stereocenters. The summed E-state index contributed by atoms with van der Waals surface area (Å²) in [5, 5.41) is 10.1. The molecule has 0 heterocycles. The number of carbonyl (C=O) groups is 1. The van der Waals surface area contributed by atoms with E-state index in [0.717, 1.165) is 18.2 Å². The lowest BCUT2D eigenvalue weighted by molar-refractivity contribution is -0.255. The third-order valence-electron chi connectivity index (χ3n) is 1.17. The van der Waals surface area contributed by atoms with Gasteiger partial charge in [-0.3, -0.25) is 0 Å². The third kappa shape index (κ3) is 1.34. The van der Waals surface area contributed by atoms with Crippen molar-refractivity contribution < 1.29 is 18.7 Å². The van der Waals surface area contributed by atoms with Crippen LogP contribution in [0.3, 0.4) is 0 Å². The van der Waals surface area contributed by atoms with Crippen molar-refractivity contribution in [2.75, 3.05) is 0 Å². The first-order valence-electron chi connectivity index (χ1n) is 2.78. The van der Waals surface area contributed by atoms with Gasteiger partial charge >= 0.3 is 0 Å². The average molecular weight is 157 g/mol. The van der Waals surface area contributed by atoms with Gasteiger partial charge in [0.2, 0.25) is 0 Å². The van der Waals surface area contributed by atoms with Crippen LogP contribution in [-0.2, 0) is 0 Å². The van der Waals surface area contributed by atoms with Crippen LogP contribution >= 0.6 is 0 Å². The summed E-state index contributed by atoms with van der Waals surface area (Å²) < 4.78 is 24.9. The van der Waals surface area contributed by atoms with E-state index in [-0.39, 0.29) is 0 Å². The molecule has 0 bridgehead atoms. The van der Waals surface area contributed by atoms with Gasteiger partial charge in [-0.2, -0.15) is 0 Å². The number of benzene rings is 1. The van der Waals surface area contributed by atoms with Crippen molar-refractivity contribution in [2.45, 2.75) is 0 Å². The van der Waals surface area contributed by atoms with E-state index in [2.05, 4.69) is 0 Å².